The molecule has 0 radical (unpaired) electrons. The molecule has 3 rings (SSSR count). The number of hydrogen-bond donors (Lipinski definition) is 1. The zero-order valence-corrected chi connectivity index (χ0v) is 14.9. The van der Waals surface area contributed by atoms with Gasteiger partial charge in [0.05, 0.1) is 12.2 Å². The van der Waals surface area contributed by atoms with Crippen molar-refractivity contribution in [1.29, 1.82) is 0 Å². The molecule has 0 unspecified atom stereocenters. The maximum atomic E-state index is 12.4. The Morgan fingerprint density at radius 1 is 1.36 bits per heavy atom. The molecule has 132 valence electrons. The molecule has 1 aromatic carbocycles. The van der Waals surface area contributed by atoms with Gasteiger partial charge in [-0.1, -0.05) is 30.3 Å². The van der Waals surface area contributed by atoms with Gasteiger partial charge in [-0.25, -0.2) is 4.98 Å². The number of carbonyl (C=O) groups is 2. The van der Waals surface area contributed by atoms with E-state index in [0.717, 1.165) is 22.7 Å². The van der Waals surface area contributed by atoms with Crippen LogP contribution in [0.2, 0.25) is 0 Å². The smallest absolute Gasteiger partial charge is 0.249 e. The van der Waals surface area contributed by atoms with Crippen molar-refractivity contribution in [2.45, 2.75) is 25.4 Å². The number of ether oxygens (including phenoxy) is 1. The second-order valence-corrected chi connectivity index (χ2v) is 6.83. The third-order valence-electron chi connectivity index (χ3n) is 4.18. The summed E-state index contributed by atoms with van der Waals surface area (Å²) in [5, 5.41) is 5.74. The van der Waals surface area contributed by atoms with E-state index in [1.54, 1.807) is 4.90 Å². The van der Waals surface area contributed by atoms with Gasteiger partial charge in [-0.2, -0.15) is 0 Å². The first-order valence-electron chi connectivity index (χ1n) is 8.25. The number of rotatable bonds is 6. The minimum atomic E-state index is -0.406. The highest BCUT2D eigenvalue weighted by Gasteiger charge is 2.33. The lowest BCUT2D eigenvalue weighted by Crippen LogP contribution is -2.46. The highest BCUT2D eigenvalue weighted by Crippen LogP contribution is 2.22. The van der Waals surface area contributed by atoms with Crippen LogP contribution in [0, 0.1) is 0 Å². The second kappa shape index (κ2) is 8.22. The van der Waals surface area contributed by atoms with Gasteiger partial charge >= 0.3 is 0 Å². The molecule has 6 nitrogen and oxygen atoms in total. The molecule has 0 saturated carbocycles. The van der Waals surface area contributed by atoms with Crippen LogP contribution in [0.15, 0.2) is 35.7 Å². The number of likely N-dealkylation sites (tertiary alicyclic amines) is 1. The van der Waals surface area contributed by atoms with E-state index < -0.39 is 6.04 Å². The van der Waals surface area contributed by atoms with E-state index >= 15 is 0 Å². The summed E-state index contributed by atoms with van der Waals surface area (Å²) in [6.45, 7) is 0.992. The molecule has 0 bridgehead atoms. The van der Waals surface area contributed by atoms with Gasteiger partial charge in [0.1, 0.15) is 17.7 Å². The van der Waals surface area contributed by atoms with Crippen LogP contribution in [0.5, 0.6) is 0 Å². The highest BCUT2D eigenvalue weighted by atomic mass is 32.1. The number of carbonyl (C=O) groups excluding carboxylic acids is 2. The number of amides is 2. The van der Waals surface area contributed by atoms with E-state index in [0.29, 0.717) is 19.5 Å². The van der Waals surface area contributed by atoms with Crippen molar-refractivity contribution in [3.8, 4) is 11.3 Å². The van der Waals surface area contributed by atoms with Crippen LogP contribution < -0.4 is 5.32 Å². The minimum absolute atomic E-state index is 0.0106. The van der Waals surface area contributed by atoms with Gasteiger partial charge in [0, 0.05) is 24.6 Å². The van der Waals surface area contributed by atoms with Gasteiger partial charge in [-0.3, -0.25) is 9.59 Å². The van der Waals surface area contributed by atoms with Gasteiger partial charge in [0.15, 0.2) is 0 Å². The number of methoxy groups -OCH3 is 1. The van der Waals surface area contributed by atoms with Crippen molar-refractivity contribution >= 4 is 23.2 Å². The average Bonchev–Trinajstić information content (AvgIpc) is 3.30. The van der Waals surface area contributed by atoms with Crippen molar-refractivity contribution in [2.75, 3.05) is 20.3 Å². The van der Waals surface area contributed by atoms with Gasteiger partial charge in [-0.05, 0) is 12.8 Å². The number of nitrogens with zero attached hydrogens (tertiary/aromatic N) is 2. The predicted molar refractivity (Wildman–Crippen MR) is 96.0 cm³/mol. The maximum absolute atomic E-state index is 12.4. The van der Waals surface area contributed by atoms with Crippen LogP contribution in [0.4, 0.5) is 0 Å². The van der Waals surface area contributed by atoms with Gasteiger partial charge in [0.25, 0.3) is 0 Å². The Balaban J connectivity index is 1.57. The molecule has 7 heteroatoms. The molecule has 1 aliphatic rings. The van der Waals surface area contributed by atoms with Crippen molar-refractivity contribution < 1.29 is 14.3 Å². The van der Waals surface area contributed by atoms with E-state index in [-0.39, 0.29) is 18.4 Å². The molecule has 2 amide bonds. The number of aromatic nitrogens is 1. The lowest BCUT2D eigenvalue weighted by atomic mass is 10.2. The number of thiazole rings is 1. The maximum Gasteiger partial charge on any atom is 0.249 e. The van der Waals surface area contributed by atoms with Crippen LogP contribution in [-0.2, 0) is 20.9 Å². The van der Waals surface area contributed by atoms with E-state index in [9.17, 15) is 9.59 Å². The summed E-state index contributed by atoms with van der Waals surface area (Å²) in [5.74, 6) is -0.265. The first-order valence-corrected chi connectivity index (χ1v) is 9.13. The number of benzene rings is 1. The molecule has 2 heterocycles. The second-order valence-electron chi connectivity index (χ2n) is 5.89. The largest absolute Gasteiger partial charge is 0.375 e. The Bertz CT molecular complexity index is 732. The van der Waals surface area contributed by atoms with Crippen LogP contribution in [0.1, 0.15) is 17.8 Å². The molecule has 2 aromatic rings. The minimum Gasteiger partial charge on any atom is -0.375 e. The topological polar surface area (TPSA) is 71.5 Å². The quantitative estimate of drug-likeness (QED) is 0.857. The first kappa shape index (κ1) is 17.6. The molecule has 1 fully saturated rings. The molecular weight excluding hydrogens is 338 g/mol. The Labute approximate surface area is 150 Å². The lowest BCUT2D eigenvalue weighted by Gasteiger charge is -2.23. The van der Waals surface area contributed by atoms with Crippen LogP contribution >= 0.6 is 11.3 Å². The summed E-state index contributed by atoms with van der Waals surface area (Å²) in [5.41, 5.74) is 1.97. The zero-order chi connectivity index (χ0) is 17.6. The van der Waals surface area contributed by atoms with Crippen molar-refractivity contribution in [2.24, 2.45) is 0 Å². The summed E-state index contributed by atoms with van der Waals surface area (Å²) in [6, 6.07) is 9.53. The standard InChI is InChI=1S/C18H21N3O3S/c1-24-11-17(22)21-9-5-8-15(21)18(23)19-10-16-20-14(12-25-16)13-6-3-2-4-7-13/h2-4,6-7,12,15H,5,8-11H2,1H3,(H,19,23)/t15-/m0/s1. The Morgan fingerprint density at radius 2 is 2.16 bits per heavy atom. The number of hydrogen-bond acceptors (Lipinski definition) is 5. The van der Waals surface area contributed by atoms with E-state index in [1.165, 1.54) is 18.4 Å². The van der Waals surface area contributed by atoms with Gasteiger partial charge < -0.3 is 15.0 Å². The SMILES string of the molecule is COCC(=O)N1CCC[C@H]1C(=O)NCc1nc(-c2ccccc2)cs1. The zero-order valence-electron chi connectivity index (χ0n) is 14.1. The molecule has 0 spiro atoms. The monoisotopic (exact) mass is 359 g/mol. The van der Waals surface area contributed by atoms with Crippen LogP contribution in [0.25, 0.3) is 11.3 Å². The molecule has 1 atom stereocenters. The van der Waals surface area contributed by atoms with Crippen molar-refractivity contribution in [3.05, 3.63) is 40.7 Å². The molecule has 1 saturated heterocycles. The Hall–Kier alpha value is -2.25. The summed E-state index contributed by atoms with van der Waals surface area (Å²) in [6.07, 6.45) is 1.53. The molecule has 0 aliphatic carbocycles. The summed E-state index contributed by atoms with van der Waals surface area (Å²) >= 11 is 1.52. The summed E-state index contributed by atoms with van der Waals surface area (Å²) in [4.78, 5) is 30.6. The molecule has 25 heavy (non-hydrogen) atoms. The summed E-state index contributed by atoms with van der Waals surface area (Å²) < 4.78 is 4.89. The Morgan fingerprint density at radius 3 is 2.92 bits per heavy atom. The van der Waals surface area contributed by atoms with Gasteiger partial charge in [-0.15, -0.1) is 11.3 Å². The van der Waals surface area contributed by atoms with Crippen LogP contribution in [-0.4, -0.2) is 48.0 Å². The van der Waals surface area contributed by atoms with E-state index in [1.807, 2.05) is 35.7 Å². The first-order chi connectivity index (χ1) is 12.2. The third-order valence-corrected chi connectivity index (χ3v) is 5.03. The molecule has 1 N–H and O–H groups in total. The predicted octanol–water partition coefficient (Wildman–Crippen LogP) is 2.06. The molecule has 1 aromatic heterocycles. The number of nitrogens with one attached hydrogen (secondary N) is 1. The fourth-order valence-electron chi connectivity index (χ4n) is 2.96. The normalized spacial score (nSPS) is 16.8. The van der Waals surface area contributed by atoms with E-state index in [2.05, 4.69) is 10.3 Å². The van der Waals surface area contributed by atoms with Crippen molar-refractivity contribution in [3.63, 3.8) is 0 Å². The Kier molecular flexibility index (Phi) is 5.78. The van der Waals surface area contributed by atoms with Crippen molar-refractivity contribution in [1.82, 2.24) is 15.2 Å². The van der Waals surface area contributed by atoms with E-state index in [4.69, 9.17) is 4.74 Å². The highest BCUT2D eigenvalue weighted by molar-refractivity contribution is 7.09. The lowest BCUT2D eigenvalue weighted by molar-refractivity contribution is -0.141. The average molecular weight is 359 g/mol. The fraction of sp³-hybridized carbons (Fsp3) is 0.389. The third kappa shape index (κ3) is 4.24. The fourth-order valence-corrected chi connectivity index (χ4v) is 3.70. The summed E-state index contributed by atoms with van der Waals surface area (Å²) in [7, 11) is 1.48. The molecular formula is C18H21N3O3S. The molecule has 1 aliphatic heterocycles. The van der Waals surface area contributed by atoms with Crippen LogP contribution in [0.3, 0.4) is 0 Å². The van der Waals surface area contributed by atoms with Gasteiger partial charge in [0.2, 0.25) is 11.8 Å².